The maximum absolute atomic E-state index is 5.94. The fourth-order valence-corrected chi connectivity index (χ4v) is 3.12. The van der Waals surface area contributed by atoms with Gasteiger partial charge in [-0.05, 0) is 44.7 Å². The Bertz CT molecular complexity index is 794. The second kappa shape index (κ2) is 10.2. The Balaban J connectivity index is 1.94. The minimum absolute atomic E-state index is 0.236. The van der Waals surface area contributed by atoms with Gasteiger partial charge in [0, 0.05) is 37.9 Å². The van der Waals surface area contributed by atoms with Crippen LogP contribution >= 0.6 is 0 Å². The fourth-order valence-electron chi connectivity index (χ4n) is 3.12. The molecule has 0 aliphatic heterocycles. The predicted molar refractivity (Wildman–Crippen MR) is 116 cm³/mol. The Kier molecular flexibility index (Phi) is 7.91. The van der Waals surface area contributed by atoms with Gasteiger partial charge in [0.05, 0.1) is 12.3 Å². The zero-order valence-electron chi connectivity index (χ0n) is 18.3. The smallest absolute Gasteiger partial charge is 0.191 e. The van der Waals surface area contributed by atoms with Crippen LogP contribution in [0.2, 0.25) is 0 Å². The molecule has 0 aliphatic rings. The van der Waals surface area contributed by atoms with Crippen molar-refractivity contribution in [2.24, 2.45) is 18.0 Å². The molecule has 1 aromatic carbocycles. The predicted octanol–water partition coefficient (Wildman–Crippen LogP) is 3.37. The van der Waals surface area contributed by atoms with Crippen LogP contribution in [0.25, 0.3) is 0 Å². The Morgan fingerprint density at radius 2 is 1.93 bits per heavy atom. The third kappa shape index (κ3) is 6.01. The summed E-state index contributed by atoms with van der Waals surface area (Å²) in [5, 5.41) is 11.4. The van der Waals surface area contributed by atoms with Crippen molar-refractivity contribution in [2.75, 3.05) is 13.7 Å². The van der Waals surface area contributed by atoms with E-state index in [4.69, 9.17) is 4.74 Å². The van der Waals surface area contributed by atoms with Gasteiger partial charge in [-0.25, -0.2) is 0 Å². The Labute approximate surface area is 169 Å². The molecule has 1 aromatic heterocycles. The van der Waals surface area contributed by atoms with E-state index in [1.165, 1.54) is 11.3 Å². The zero-order chi connectivity index (χ0) is 20.7. The van der Waals surface area contributed by atoms with Gasteiger partial charge >= 0.3 is 0 Å². The number of para-hydroxylation sites is 1. The van der Waals surface area contributed by atoms with Gasteiger partial charge in [-0.15, -0.1) is 0 Å². The van der Waals surface area contributed by atoms with Gasteiger partial charge in [0.2, 0.25) is 0 Å². The van der Waals surface area contributed by atoms with Crippen LogP contribution in [-0.4, -0.2) is 35.4 Å². The summed E-state index contributed by atoms with van der Waals surface area (Å²) in [6.07, 6.45) is 0.903. The van der Waals surface area contributed by atoms with Crippen molar-refractivity contribution < 1.29 is 4.74 Å². The second-order valence-corrected chi connectivity index (χ2v) is 7.76. The maximum Gasteiger partial charge on any atom is 0.191 e. The van der Waals surface area contributed by atoms with Crippen molar-refractivity contribution in [3.63, 3.8) is 0 Å². The number of aliphatic imine (C=N–C) groups is 1. The van der Waals surface area contributed by atoms with E-state index in [2.05, 4.69) is 61.4 Å². The van der Waals surface area contributed by atoms with Crippen molar-refractivity contribution >= 4 is 5.96 Å². The van der Waals surface area contributed by atoms with Crippen molar-refractivity contribution in [3.8, 4) is 5.75 Å². The molecule has 6 nitrogen and oxygen atoms in total. The minimum atomic E-state index is 0.236. The molecule has 0 spiro atoms. The third-order valence-electron chi connectivity index (χ3n) is 4.77. The highest BCUT2D eigenvalue weighted by Gasteiger charge is 2.14. The molecule has 0 amide bonds. The van der Waals surface area contributed by atoms with Gasteiger partial charge in [-0.2, -0.15) is 5.10 Å². The molecular formula is C22H35N5O. The molecule has 0 radical (unpaired) electrons. The molecule has 0 aliphatic carbocycles. The lowest BCUT2D eigenvalue weighted by Crippen LogP contribution is -2.42. The van der Waals surface area contributed by atoms with E-state index in [0.29, 0.717) is 19.1 Å². The van der Waals surface area contributed by atoms with Crippen LogP contribution in [0.4, 0.5) is 0 Å². The van der Waals surface area contributed by atoms with E-state index >= 15 is 0 Å². The lowest BCUT2D eigenvalue weighted by Gasteiger charge is -2.19. The molecule has 2 N–H and O–H groups in total. The summed E-state index contributed by atoms with van der Waals surface area (Å²) in [6.45, 7) is 12.0. The first-order chi connectivity index (χ1) is 13.3. The van der Waals surface area contributed by atoms with Crippen molar-refractivity contribution in [1.29, 1.82) is 0 Å². The second-order valence-electron chi connectivity index (χ2n) is 7.76. The van der Waals surface area contributed by atoms with Crippen molar-refractivity contribution in [3.05, 3.63) is 46.8 Å². The van der Waals surface area contributed by atoms with Gasteiger partial charge in [0.1, 0.15) is 5.75 Å². The first-order valence-corrected chi connectivity index (χ1v) is 9.98. The molecule has 0 saturated heterocycles. The molecule has 0 saturated carbocycles. The molecule has 154 valence electrons. The quantitative estimate of drug-likeness (QED) is 0.540. The lowest BCUT2D eigenvalue weighted by atomic mass is 10.1. The van der Waals surface area contributed by atoms with E-state index in [-0.39, 0.29) is 6.04 Å². The van der Waals surface area contributed by atoms with Gasteiger partial charge in [0.15, 0.2) is 5.96 Å². The molecule has 2 aromatic rings. The number of hydrogen-bond acceptors (Lipinski definition) is 3. The van der Waals surface area contributed by atoms with Crippen LogP contribution in [0.15, 0.2) is 29.3 Å². The highest BCUT2D eigenvalue weighted by atomic mass is 16.5. The first kappa shape index (κ1) is 21.8. The summed E-state index contributed by atoms with van der Waals surface area (Å²) < 4.78 is 7.89. The average Bonchev–Trinajstić information content (AvgIpc) is 2.90. The third-order valence-corrected chi connectivity index (χ3v) is 4.77. The molecule has 1 atom stereocenters. The van der Waals surface area contributed by atoms with Crippen molar-refractivity contribution in [2.45, 2.75) is 53.6 Å². The van der Waals surface area contributed by atoms with Gasteiger partial charge in [-0.3, -0.25) is 9.67 Å². The summed E-state index contributed by atoms with van der Waals surface area (Å²) in [6, 6.07) is 8.38. The number of benzene rings is 1. The van der Waals surface area contributed by atoms with Gasteiger partial charge < -0.3 is 15.4 Å². The lowest BCUT2D eigenvalue weighted by molar-refractivity contribution is 0.268. The number of hydrogen-bond donors (Lipinski definition) is 2. The molecule has 1 unspecified atom stereocenters. The Morgan fingerprint density at radius 1 is 1.21 bits per heavy atom. The van der Waals surface area contributed by atoms with Crippen LogP contribution in [0, 0.1) is 19.8 Å². The van der Waals surface area contributed by atoms with E-state index in [0.717, 1.165) is 29.4 Å². The van der Waals surface area contributed by atoms with E-state index in [1.54, 1.807) is 7.05 Å². The van der Waals surface area contributed by atoms with Crippen LogP contribution in [0.5, 0.6) is 5.75 Å². The summed E-state index contributed by atoms with van der Waals surface area (Å²) in [5.41, 5.74) is 4.72. The number of nitrogens with zero attached hydrogens (tertiary/aromatic N) is 3. The summed E-state index contributed by atoms with van der Waals surface area (Å²) in [4.78, 5) is 4.37. The Hall–Kier alpha value is -2.50. The standard InChI is InChI=1S/C22H35N5O/c1-15(2)14-28-21-11-9-8-10-19(21)13-24-22(23-6)25-16(3)12-20-17(4)26-27(7)18(20)5/h8-11,15-16H,12-14H2,1-7H3,(H2,23,24,25). The SMILES string of the molecule is CN=C(NCc1ccccc1OCC(C)C)NC(C)Cc1c(C)nn(C)c1C. The Morgan fingerprint density at radius 3 is 2.54 bits per heavy atom. The number of nitrogens with one attached hydrogen (secondary N) is 2. The first-order valence-electron chi connectivity index (χ1n) is 9.98. The summed E-state index contributed by atoms with van der Waals surface area (Å²) in [5.74, 6) is 2.20. The zero-order valence-corrected chi connectivity index (χ0v) is 18.3. The van der Waals surface area contributed by atoms with Crippen LogP contribution in [0.1, 0.15) is 43.3 Å². The monoisotopic (exact) mass is 385 g/mol. The molecular weight excluding hydrogens is 350 g/mol. The molecule has 28 heavy (non-hydrogen) atoms. The number of guanidine groups is 1. The van der Waals surface area contributed by atoms with E-state index in [1.807, 2.05) is 29.9 Å². The summed E-state index contributed by atoms with van der Waals surface area (Å²) in [7, 11) is 3.78. The fraction of sp³-hybridized carbons (Fsp3) is 0.545. The van der Waals surface area contributed by atoms with Gasteiger partial charge in [-0.1, -0.05) is 32.0 Å². The highest BCUT2D eigenvalue weighted by molar-refractivity contribution is 5.80. The van der Waals surface area contributed by atoms with Crippen molar-refractivity contribution in [1.82, 2.24) is 20.4 Å². The number of aryl methyl sites for hydroxylation is 2. The van der Waals surface area contributed by atoms with E-state index in [9.17, 15) is 0 Å². The normalized spacial score (nSPS) is 12.9. The highest BCUT2D eigenvalue weighted by Crippen LogP contribution is 2.18. The molecule has 0 fully saturated rings. The van der Waals surface area contributed by atoms with Crippen LogP contribution in [-0.2, 0) is 20.0 Å². The van der Waals surface area contributed by atoms with Gasteiger partial charge in [0.25, 0.3) is 0 Å². The number of rotatable bonds is 8. The topological polar surface area (TPSA) is 63.5 Å². The molecule has 0 bridgehead atoms. The van der Waals surface area contributed by atoms with E-state index < -0.39 is 0 Å². The maximum atomic E-state index is 5.94. The van der Waals surface area contributed by atoms with Crippen LogP contribution in [0.3, 0.4) is 0 Å². The summed E-state index contributed by atoms with van der Waals surface area (Å²) >= 11 is 0. The molecule has 6 heteroatoms. The largest absolute Gasteiger partial charge is 0.493 e. The number of ether oxygens (including phenoxy) is 1. The molecule has 2 rings (SSSR count). The average molecular weight is 386 g/mol. The number of aromatic nitrogens is 2. The minimum Gasteiger partial charge on any atom is -0.493 e. The molecule has 1 heterocycles. The van der Waals surface area contributed by atoms with Crippen LogP contribution < -0.4 is 15.4 Å².